The molecule has 23 heavy (non-hydrogen) atoms. The van der Waals surface area contributed by atoms with Gasteiger partial charge in [0.15, 0.2) is 10.8 Å². The van der Waals surface area contributed by atoms with Gasteiger partial charge in [-0.05, 0) is 31.2 Å². The van der Waals surface area contributed by atoms with Gasteiger partial charge in [0.2, 0.25) is 5.91 Å². The van der Waals surface area contributed by atoms with E-state index in [1.54, 1.807) is 25.1 Å². The number of benzene rings is 1. The Balaban J connectivity index is 1.74. The number of nitrogens with zero attached hydrogens (tertiary/aromatic N) is 3. The zero-order valence-electron chi connectivity index (χ0n) is 12.0. The van der Waals surface area contributed by atoms with Gasteiger partial charge in [-0.1, -0.05) is 47.1 Å². The third-order valence-electron chi connectivity index (χ3n) is 3.14. The summed E-state index contributed by atoms with van der Waals surface area (Å²) in [5.74, 6) is -0.188. The fourth-order valence-electron chi connectivity index (χ4n) is 1.95. The number of hydrogen-bond donors (Lipinski definition) is 1. The Hall–Kier alpha value is -1.76. The molecule has 0 saturated heterocycles. The number of hydrogen-bond acceptors (Lipinski definition) is 4. The molecule has 1 N–H and O–H groups in total. The van der Waals surface area contributed by atoms with E-state index in [-0.39, 0.29) is 11.2 Å². The van der Waals surface area contributed by atoms with Gasteiger partial charge < -0.3 is 5.32 Å². The SMILES string of the molecule is CC(Sc1nnc2ccccn12)C(=O)Nc1cccc(Cl)c1Cl. The molecule has 0 saturated carbocycles. The number of rotatable bonds is 4. The van der Waals surface area contributed by atoms with E-state index in [0.717, 1.165) is 5.65 Å². The third-order valence-corrected chi connectivity index (χ3v) is 5.02. The standard InChI is InChI=1S/C15H12Cl2N4OS/c1-9(14(22)18-11-6-4-5-10(16)13(11)17)23-15-20-19-12-7-2-3-8-21(12)15/h2-9H,1H3,(H,18,22). The lowest BCUT2D eigenvalue weighted by atomic mass is 10.3. The summed E-state index contributed by atoms with van der Waals surface area (Å²) in [4.78, 5) is 12.3. The molecule has 5 nitrogen and oxygen atoms in total. The van der Waals surface area contributed by atoms with Gasteiger partial charge in [0.25, 0.3) is 0 Å². The Kier molecular flexibility index (Phi) is 4.75. The topological polar surface area (TPSA) is 59.3 Å². The molecule has 2 heterocycles. The summed E-state index contributed by atoms with van der Waals surface area (Å²) in [5, 5.41) is 11.9. The highest BCUT2D eigenvalue weighted by Gasteiger charge is 2.19. The van der Waals surface area contributed by atoms with Gasteiger partial charge in [0, 0.05) is 6.20 Å². The van der Waals surface area contributed by atoms with Crippen molar-refractivity contribution in [3.8, 4) is 0 Å². The molecule has 118 valence electrons. The number of carbonyl (C=O) groups excluding carboxylic acids is 1. The number of carbonyl (C=O) groups is 1. The van der Waals surface area contributed by atoms with Crippen LogP contribution >= 0.6 is 35.0 Å². The summed E-state index contributed by atoms with van der Waals surface area (Å²) in [7, 11) is 0. The lowest BCUT2D eigenvalue weighted by Crippen LogP contribution is -2.22. The van der Waals surface area contributed by atoms with Crippen molar-refractivity contribution in [3.63, 3.8) is 0 Å². The molecule has 3 aromatic rings. The molecule has 0 aliphatic rings. The van der Waals surface area contributed by atoms with Gasteiger partial charge in [-0.15, -0.1) is 10.2 Å². The summed E-state index contributed by atoms with van der Waals surface area (Å²) in [5.41, 5.74) is 1.23. The molecule has 1 atom stereocenters. The smallest absolute Gasteiger partial charge is 0.237 e. The van der Waals surface area contributed by atoms with Gasteiger partial charge in [0.05, 0.1) is 21.0 Å². The average molecular weight is 367 g/mol. The number of fused-ring (bicyclic) bond motifs is 1. The number of amides is 1. The van der Waals surface area contributed by atoms with Crippen LogP contribution in [0.3, 0.4) is 0 Å². The molecule has 0 aliphatic heterocycles. The van der Waals surface area contributed by atoms with Crippen molar-refractivity contribution in [1.82, 2.24) is 14.6 Å². The highest BCUT2D eigenvalue weighted by Crippen LogP contribution is 2.30. The average Bonchev–Trinajstić information content (AvgIpc) is 2.95. The second-order valence-corrected chi connectivity index (χ2v) is 6.86. The van der Waals surface area contributed by atoms with E-state index in [1.807, 2.05) is 28.8 Å². The molecule has 0 fully saturated rings. The fourth-order valence-corrected chi connectivity index (χ4v) is 3.13. The van der Waals surface area contributed by atoms with Gasteiger partial charge >= 0.3 is 0 Å². The Morgan fingerprint density at radius 3 is 2.87 bits per heavy atom. The second kappa shape index (κ2) is 6.78. The normalized spacial score (nSPS) is 12.3. The minimum atomic E-state index is -0.377. The largest absolute Gasteiger partial charge is 0.324 e. The third kappa shape index (κ3) is 3.44. The minimum absolute atomic E-state index is 0.188. The van der Waals surface area contributed by atoms with Gasteiger partial charge in [0.1, 0.15) is 0 Å². The molecule has 0 bridgehead atoms. The summed E-state index contributed by atoms with van der Waals surface area (Å²) in [6, 6.07) is 10.7. The number of pyridine rings is 1. The fraction of sp³-hybridized carbons (Fsp3) is 0.133. The van der Waals surface area contributed by atoms with Crippen LogP contribution in [0.5, 0.6) is 0 Å². The van der Waals surface area contributed by atoms with Crippen LogP contribution in [-0.2, 0) is 4.79 Å². The molecule has 1 aromatic carbocycles. The summed E-state index contributed by atoms with van der Waals surface area (Å²) in [6.45, 7) is 1.79. The predicted molar refractivity (Wildman–Crippen MR) is 93.4 cm³/mol. The van der Waals surface area contributed by atoms with Crippen molar-refractivity contribution in [2.45, 2.75) is 17.3 Å². The van der Waals surface area contributed by atoms with Crippen LogP contribution in [0.15, 0.2) is 47.8 Å². The van der Waals surface area contributed by atoms with E-state index in [1.165, 1.54) is 11.8 Å². The molecule has 1 amide bonds. The zero-order valence-corrected chi connectivity index (χ0v) is 14.4. The number of halogens is 2. The van der Waals surface area contributed by atoms with Crippen LogP contribution in [0.4, 0.5) is 5.69 Å². The maximum absolute atomic E-state index is 12.3. The maximum atomic E-state index is 12.3. The van der Waals surface area contributed by atoms with Crippen molar-refractivity contribution in [2.24, 2.45) is 0 Å². The molecular weight excluding hydrogens is 355 g/mol. The molecule has 3 rings (SSSR count). The van der Waals surface area contributed by atoms with E-state index in [0.29, 0.717) is 20.9 Å². The number of anilines is 1. The van der Waals surface area contributed by atoms with Crippen LogP contribution < -0.4 is 5.32 Å². The quantitative estimate of drug-likeness (QED) is 0.704. The lowest BCUT2D eigenvalue weighted by molar-refractivity contribution is -0.115. The van der Waals surface area contributed by atoms with Crippen molar-refractivity contribution >= 4 is 52.2 Å². The minimum Gasteiger partial charge on any atom is -0.324 e. The highest BCUT2D eigenvalue weighted by atomic mass is 35.5. The molecule has 0 aliphatic carbocycles. The monoisotopic (exact) mass is 366 g/mol. The van der Waals surface area contributed by atoms with E-state index in [4.69, 9.17) is 23.2 Å². The first-order valence-electron chi connectivity index (χ1n) is 6.77. The second-order valence-electron chi connectivity index (χ2n) is 4.76. The summed E-state index contributed by atoms with van der Waals surface area (Å²) >= 11 is 13.3. The number of aromatic nitrogens is 3. The summed E-state index contributed by atoms with van der Waals surface area (Å²) < 4.78 is 1.83. The maximum Gasteiger partial charge on any atom is 0.237 e. The number of thioether (sulfide) groups is 1. The molecule has 1 unspecified atom stereocenters. The number of nitrogens with one attached hydrogen (secondary N) is 1. The van der Waals surface area contributed by atoms with Crippen molar-refractivity contribution in [3.05, 3.63) is 52.6 Å². The van der Waals surface area contributed by atoms with Crippen LogP contribution in [0.2, 0.25) is 10.0 Å². The molecular formula is C15H12Cl2N4OS. The first-order valence-corrected chi connectivity index (χ1v) is 8.41. The Bertz CT molecular complexity index is 868. The van der Waals surface area contributed by atoms with Crippen molar-refractivity contribution < 1.29 is 4.79 Å². The van der Waals surface area contributed by atoms with Crippen LogP contribution in [0.1, 0.15) is 6.92 Å². The van der Waals surface area contributed by atoms with Gasteiger partial charge in [-0.3, -0.25) is 9.20 Å². The zero-order chi connectivity index (χ0) is 16.4. The lowest BCUT2D eigenvalue weighted by Gasteiger charge is -2.12. The molecule has 0 radical (unpaired) electrons. The van der Waals surface area contributed by atoms with Crippen molar-refractivity contribution in [2.75, 3.05) is 5.32 Å². The summed E-state index contributed by atoms with van der Waals surface area (Å²) in [6.07, 6.45) is 1.86. The van der Waals surface area contributed by atoms with Crippen LogP contribution in [-0.4, -0.2) is 25.8 Å². The van der Waals surface area contributed by atoms with E-state index in [9.17, 15) is 4.79 Å². The molecule has 8 heteroatoms. The highest BCUT2D eigenvalue weighted by molar-refractivity contribution is 8.00. The van der Waals surface area contributed by atoms with Crippen LogP contribution in [0.25, 0.3) is 5.65 Å². The Morgan fingerprint density at radius 2 is 2.04 bits per heavy atom. The Labute approximate surface area is 147 Å². The van der Waals surface area contributed by atoms with E-state index < -0.39 is 0 Å². The first kappa shape index (κ1) is 16.1. The van der Waals surface area contributed by atoms with Crippen molar-refractivity contribution in [1.29, 1.82) is 0 Å². The van der Waals surface area contributed by atoms with E-state index >= 15 is 0 Å². The molecule has 2 aromatic heterocycles. The van der Waals surface area contributed by atoms with Gasteiger partial charge in [-0.2, -0.15) is 0 Å². The Morgan fingerprint density at radius 1 is 1.22 bits per heavy atom. The van der Waals surface area contributed by atoms with Crippen LogP contribution in [0, 0.1) is 0 Å². The van der Waals surface area contributed by atoms with Gasteiger partial charge in [-0.25, -0.2) is 0 Å². The first-order chi connectivity index (χ1) is 11.1. The predicted octanol–water partition coefficient (Wildman–Crippen LogP) is 4.16. The van der Waals surface area contributed by atoms with E-state index in [2.05, 4.69) is 15.5 Å². The molecule has 0 spiro atoms.